The van der Waals surface area contributed by atoms with Gasteiger partial charge in [-0.15, -0.1) is 0 Å². The van der Waals surface area contributed by atoms with Crippen LogP contribution in [0.15, 0.2) is 35.3 Å². The summed E-state index contributed by atoms with van der Waals surface area (Å²) in [6.07, 6.45) is 4.54. The highest BCUT2D eigenvalue weighted by Gasteiger charge is 2.37. The second-order valence-corrected chi connectivity index (χ2v) is 11.5. The summed E-state index contributed by atoms with van der Waals surface area (Å²) in [7, 11) is 4.27. The van der Waals surface area contributed by atoms with Gasteiger partial charge in [-0.1, -0.05) is 12.1 Å². The van der Waals surface area contributed by atoms with E-state index in [1.165, 1.54) is 6.42 Å². The van der Waals surface area contributed by atoms with E-state index >= 15 is 0 Å². The topological polar surface area (TPSA) is 102 Å². The summed E-state index contributed by atoms with van der Waals surface area (Å²) < 4.78 is 1.93. The normalized spacial score (nSPS) is 23.5. The van der Waals surface area contributed by atoms with Gasteiger partial charge in [0.05, 0.1) is 16.4 Å². The molecule has 3 aromatic heterocycles. The molecule has 1 aromatic carbocycles. The fourth-order valence-corrected chi connectivity index (χ4v) is 6.70. The van der Waals surface area contributed by atoms with Gasteiger partial charge in [-0.2, -0.15) is 4.98 Å². The molecule has 0 bridgehead atoms. The molecule has 3 aliphatic heterocycles. The van der Waals surface area contributed by atoms with Crippen LogP contribution >= 0.6 is 0 Å². The van der Waals surface area contributed by atoms with Gasteiger partial charge in [0.25, 0.3) is 5.91 Å². The van der Waals surface area contributed by atoms with Gasteiger partial charge in [0.2, 0.25) is 11.4 Å². The third-order valence-electron chi connectivity index (χ3n) is 8.87. The number of aromatic amines is 1. The van der Waals surface area contributed by atoms with Crippen molar-refractivity contribution in [2.24, 2.45) is 11.8 Å². The van der Waals surface area contributed by atoms with Crippen LogP contribution in [0.5, 0.6) is 0 Å². The number of nitrogens with one attached hydrogen (secondary N) is 2. The number of imidazole rings is 1. The van der Waals surface area contributed by atoms with E-state index in [-0.39, 0.29) is 22.9 Å². The van der Waals surface area contributed by atoms with Crippen LogP contribution in [0, 0.1) is 11.8 Å². The van der Waals surface area contributed by atoms with Gasteiger partial charge in [0, 0.05) is 31.9 Å². The van der Waals surface area contributed by atoms with Gasteiger partial charge >= 0.3 is 0 Å². The van der Waals surface area contributed by atoms with Crippen molar-refractivity contribution in [2.45, 2.75) is 25.3 Å². The molecule has 0 aliphatic carbocycles. The summed E-state index contributed by atoms with van der Waals surface area (Å²) in [5.74, 6) is 1.56. The smallest absolute Gasteiger partial charge is 0.259 e. The summed E-state index contributed by atoms with van der Waals surface area (Å²) in [4.78, 5) is 47.3. The molecule has 3 saturated heterocycles. The number of piperidine rings is 2. The van der Waals surface area contributed by atoms with Crippen molar-refractivity contribution < 1.29 is 4.79 Å². The van der Waals surface area contributed by atoms with Crippen LogP contribution in [-0.2, 0) is 0 Å². The molecule has 0 radical (unpaired) electrons. The number of nitrogens with zero attached hydrogens (tertiary/aromatic N) is 6. The average molecular weight is 515 g/mol. The Morgan fingerprint density at radius 2 is 1.76 bits per heavy atom. The lowest BCUT2D eigenvalue weighted by molar-refractivity contribution is 0.0917. The molecule has 3 fully saturated rings. The van der Waals surface area contributed by atoms with Gasteiger partial charge < -0.3 is 25.0 Å². The number of rotatable bonds is 3. The van der Waals surface area contributed by atoms with Crippen LogP contribution < -0.4 is 15.6 Å². The number of para-hydroxylation sites is 2. The molecule has 1 amide bonds. The molecule has 38 heavy (non-hydrogen) atoms. The zero-order valence-corrected chi connectivity index (χ0v) is 22.0. The first-order valence-corrected chi connectivity index (χ1v) is 13.7. The minimum Gasteiger partial charge on any atom is -0.349 e. The Labute approximate surface area is 220 Å². The molecule has 2 N–H and O–H groups in total. The number of benzene rings is 1. The maximum atomic E-state index is 13.8. The van der Waals surface area contributed by atoms with E-state index in [0.717, 1.165) is 63.1 Å². The Morgan fingerprint density at radius 1 is 1.00 bits per heavy atom. The zero-order chi connectivity index (χ0) is 26.0. The zero-order valence-electron chi connectivity index (χ0n) is 22.0. The van der Waals surface area contributed by atoms with E-state index in [1.54, 1.807) is 6.20 Å². The van der Waals surface area contributed by atoms with E-state index in [1.807, 2.05) is 28.7 Å². The first-order chi connectivity index (χ1) is 18.5. The van der Waals surface area contributed by atoms with Crippen LogP contribution in [0.2, 0.25) is 0 Å². The number of aromatic nitrogens is 4. The number of hydrogen-bond acceptors (Lipinski definition) is 7. The summed E-state index contributed by atoms with van der Waals surface area (Å²) in [6.45, 7) is 5.93. The van der Waals surface area contributed by atoms with Crippen LogP contribution in [0.4, 0.5) is 5.95 Å². The molecule has 7 rings (SSSR count). The number of carbonyl (C=O) groups excluding carboxylic acids is 1. The first-order valence-electron chi connectivity index (χ1n) is 13.7. The van der Waals surface area contributed by atoms with Crippen molar-refractivity contribution in [3.63, 3.8) is 0 Å². The summed E-state index contributed by atoms with van der Waals surface area (Å²) in [5.41, 5.74) is 2.54. The van der Waals surface area contributed by atoms with E-state index < -0.39 is 0 Å². The molecule has 198 valence electrons. The molecule has 2 unspecified atom stereocenters. The SMILES string of the molecule is CN1CCC(NC(=O)c2c(=O)c3cnc(N4CC5CCN(C)CC5C4)nc3n3c2[nH]c2ccccc23)CC1. The average Bonchev–Trinajstić information content (AvgIpc) is 3.51. The molecule has 0 saturated carbocycles. The number of fused-ring (bicyclic) bond motifs is 6. The van der Waals surface area contributed by atoms with Crippen molar-refractivity contribution in [1.82, 2.24) is 34.5 Å². The summed E-state index contributed by atoms with van der Waals surface area (Å²) in [5, 5.41) is 3.50. The predicted octanol–water partition coefficient (Wildman–Crippen LogP) is 1.94. The Hall–Kier alpha value is -3.50. The van der Waals surface area contributed by atoms with Crippen molar-refractivity contribution in [1.29, 1.82) is 0 Å². The molecule has 10 heteroatoms. The van der Waals surface area contributed by atoms with Crippen molar-refractivity contribution in [3.8, 4) is 0 Å². The summed E-state index contributed by atoms with van der Waals surface area (Å²) in [6, 6.07) is 7.90. The fraction of sp³-hybridized carbons (Fsp3) is 0.500. The highest BCUT2D eigenvalue weighted by Crippen LogP contribution is 2.33. The number of carbonyl (C=O) groups is 1. The molecule has 2 atom stereocenters. The van der Waals surface area contributed by atoms with E-state index in [0.29, 0.717) is 34.5 Å². The fourth-order valence-electron chi connectivity index (χ4n) is 6.70. The maximum absolute atomic E-state index is 13.8. The van der Waals surface area contributed by atoms with Gasteiger partial charge in [-0.05, 0) is 77.0 Å². The van der Waals surface area contributed by atoms with E-state index in [9.17, 15) is 9.59 Å². The Kier molecular flexibility index (Phi) is 5.63. The van der Waals surface area contributed by atoms with E-state index in [4.69, 9.17) is 4.98 Å². The Morgan fingerprint density at radius 3 is 2.61 bits per heavy atom. The number of hydrogen-bond donors (Lipinski definition) is 2. The lowest BCUT2D eigenvalue weighted by Crippen LogP contribution is -2.44. The highest BCUT2D eigenvalue weighted by atomic mass is 16.2. The Bertz CT molecular complexity index is 1600. The van der Waals surface area contributed by atoms with Crippen molar-refractivity contribution in [2.75, 3.05) is 58.3 Å². The molecular weight excluding hydrogens is 480 g/mol. The first kappa shape index (κ1) is 23.6. The lowest BCUT2D eigenvalue weighted by atomic mass is 9.89. The highest BCUT2D eigenvalue weighted by molar-refractivity contribution is 6.05. The maximum Gasteiger partial charge on any atom is 0.259 e. The summed E-state index contributed by atoms with van der Waals surface area (Å²) >= 11 is 0. The van der Waals surface area contributed by atoms with Gasteiger partial charge in [0.15, 0.2) is 5.65 Å². The predicted molar refractivity (Wildman–Crippen MR) is 148 cm³/mol. The number of anilines is 1. The van der Waals surface area contributed by atoms with Crippen LogP contribution in [-0.4, -0.2) is 94.5 Å². The third-order valence-corrected chi connectivity index (χ3v) is 8.87. The standard InChI is InChI=1S/C28H34N8O2/c1-33-11-8-19(9-12-33)30-27(38)23-24(37)20-13-29-28(35-15-17-7-10-34(2)14-18(17)16-35)32-25(20)36-22-6-4-3-5-21(22)31-26(23)36/h3-6,13,17-19,31H,7-12,14-16H2,1-2H3,(H,30,38). The van der Waals surface area contributed by atoms with Gasteiger partial charge in [-0.25, -0.2) is 4.98 Å². The molecule has 6 heterocycles. The minimum absolute atomic E-state index is 0.0506. The molecule has 4 aromatic rings. The van der Waals surface area contributed by atoms with Crippen LogP contribution in [0.25, 0.3) is 27.7 Å². The molecular formula is C28H34N8O2. The van der Waals surface area contributed by atoms with Crippen LogP contribution in [0.3, 0.4) is 0 Å². The second kappa shape index (κ2) is 9.06. The molecule has 10 nitrogen and oxygen atoms in total. The molecule has 3 aliphatic rings. The van der Waals surface area contributed by atoms with Gasteiger partial charge in [0.1, 0.15) is 11.2 Å². The number of H-pyrrole nitrogens is 1. The Balaban J connectivity index is 1.34. The number of amides is 1. The van der Waals surface area contributed by atoms with Gasteiger partial charge in [-0.3, -0.25) is 14.0 Å². The van der Waals surface area contributed by atoms with Crippen molar-refractivity contribution in [3.05, 3.63) is 46.2 Å². The number of likely N-dealkylation sites (tertiary alicyclic amines) is 2. The quantitative estimate of drug-likeness (QED) is 0.431. The third kappa shape index (κ3) is 3.85. The lowest BCUT2D eigenvalue weighted by Gasteiger charge is -2.31. The second-order valence-electron chi connectivity index (χ2n) is 11.5. The van der Waals surface area contributed by atoms with Crippen molar-refractivity contribution >= 4 is 39.6 Å². The number of pyridine rings is 1. The van der Waals surface area contributed by atoms with Crippen LogP contribution in [0.1, 0.15) is 29.6 Å². The monoisotopic (exact) mass is 514 g/mol. The molecule has 0 spiro atoms. The largest absolute Gasteiger partial charge is 0.349 e. The minimum atomic E-state index is -0.340. The van der Waals surface area contributed by atoms with E-state index in [2.05, 4.69) is 44.1 Å².